The van der Waals surface area contributed by atoms with Crippen molar-refractivity contribution in [2.45, 2.75) is 71.3 Å². The molecule has 1 amide bonds. The topological polar surface area (TPSA) is 132 Å². The van der Waals surface area contributed by atoms with Gasteiger partial charge in [0.15, 0.2) is 23.3 Å². The number of hydrogen-bond donors (Lipinski definition) is 1. The monoisotopic (exact) mass is 606 g/mol. The van der Waals surface area contributed by atoms with Crippen molar-refractivity contribution in [2.75, 3.05) is 13.9 Å². The van der Waals surface area contributed by atoms with E-state index in [1.165, 1.54) is 26.3 Å². The summed E-state index contributed by atoms with van der Waals surface area (Å²) in [5, 5.41) is 2.73. The van der Waals surface area contributed by atoms with Crippen LogP contribution < -0.4 is 24.3 Å². The van der Waals surface area contributed by atoms with Crippen molar-refractivity contribution in [3.05, 3.63) is 77.6 Å². The van der Waals surface area contributed by atoms with Gasteiger partial charge in [-0.15, -0.1) is 0 Å². The Morgan fingerprint density at radius 2 is 1.59 bits per heavy atom. The molecule has 4 atom stereocenters. The maximum absolute atomic E-state index is 13.4. The number of amides is 1. The summed E-state index contributed by atoms with van der Waals surface area (Å²) in [6.07, 6.45) is 0.849. The van der Waals surface area contributed by atoms with Crippen LogP contribution in [0.5, 0.6) is 23.0 Å². The lowest BCUT2D eigenvalue weighted by Gasteiger charge is -2.32. The van der Waals surface area contributed by atoms with Crippen LogP contribution in [-0.2, 0) is 19.1 Å². The molecule has 2 aromatic carbocycles. The molecule has 4 rings (SSSR count). The van der Waals surface area contributed by atoms with Crippen molar-refractivity contribution < 1.29 is 42.8 Å². The Bertz CT molecular complexity index is 1430. The molecule has 1 aromatic heterocycles. The van der Waals surface area contributed by atoms with Gasteiger partial charge in [0, 0.05) is 19.2 Å². The molecule has 3 aromatic rings. The molecule has 234 valence electrons. The summed E-state index contributed by atoms with van der Waals surface area (Å²) in [7, 11) is 1.40. The number of carbonyl (C=O) groups excluding carboxylic acids is 3. The number of benzene rings is 2. The summed E-state index contributed by atoms with van der Waals surface area (Å²) in [6.45, 7) is 6.51. The molecule has 44 heavy (non-hydrogen) atoms. The van der Waals surface area contributed by atoms with Gasteiger partial charge in [-0.25, -0.2) is 9.78 Å². The zero-order valence-corrected chi connectivity index (χ0v) is 25.5. The third kappa shape index (κ3) is 8.62. The van der Waals surface area contributed by atoms with Gasteiger partial charge in [0.05, 0.1) is 7.11 Å². The maximum atomic E-state index is 13.4. The lowest BCUT2D eigenvalue weighted by molar-refractivity contribution is -0.157. The number of pyridine rings is 1. The molecule has 11 nitrogen and oxygen atoms in total. The molecule has 11 heteroatoms. The second-order valence-corrected chi connectivity index (χ2v) is 10.6. The van der Waals surface area contributed by atoms with Crippen LogP contribution in [0.1, 0.15) is 54.7 Å². The van der Waals surface area contributed by atoms with Gasteiger partial charge in [-0.05, 0) is 64.3 Å². The number of cyclic esters (lactones) is 1. The number of rotatable bonds is 10. The standard InChI is InChI=1S/C33H38N2O9/c1-20-9-13-24(14-10-20)43-28-8-6-7-26(33(38)42-22(3)30(28)44-25-15-11-21(2)12-16-25)35-32(37)29-31(41-19-40-23(4)36)27(39-5)17-18-34-29/h9-18,22,26,28,30H,6-8,19H2,1-5H3,(H,35,37)/t22-,26-,28-,30-/m0/s1. The fraction of sp³-hybridized carbons (Fsp3) is 0.394. The molecule has 0 saturated carbocycles. The summed E-state index contributed by atoms with van der Waals surface area (Å²) in [5.74, 6) is -0.399. The SMILES string of the molecule is COc1ccnc(C(=O)N[C@H]2CCC[C@H](Oc3ccc(C)cc3)[C@@H](Oc3ccc(C)cc3)[C@H](C)OC2=O)c1OCOC(C)=O. The van der Waals surface area contributed by atoms with Crippen LogP contribution in [0.25, 0.3) is 0 Å². The van der Waals surface area contributed by atoms with Gasteiger partial charge in [-0.3, -0.25) is 9.59 Å². The van der Waals surface area contributed by atoms with Crippen LogP contribution in [0.4, 0.5) is 0 Å². The number of methoxy groups -OCH3 is 1. The van der Waals surface area contributed by atoms with Crippen molar-refractivity contribution in [3.63, 3.8) is 0 Å². The highest BCUT2D eigenvalue weighted by molar-refractivity contribution is 5.98. The number of hydrogen-bond acceptors (Lipinski definition) is 10. The molecular weight excluding hydrogens is 568 g/mol. The molecule has 2 heterocycles. The van der Waals surface area contributed by atoms with E-state index in [-0.39, 0.29) is 23.6 Å². The second kappa shape index (κ2) is 15.1. The Balaban J connectivity index is 1.55. The van der Waals surface area contributed by atoms with Crippen molar-refractivity contribution in [1.29, 1.82) is 0 Å². The van der Waals surface area contributed by atoms with E-state index in [0.29, 0.717) is 24.3 Å². The maximum Gasteiger partial charge on any atom is 0.329 e. The first kappa shape index (κ1) is 32.1. The van der Waals surface area contributed by atoms with Gasteiger partial charge in [-0.2, -0.15) is 0 Å². The van der Waals surface area contributed by atoms with Gasteiger partial charge in [0.1, 0.15) is 29.7 Å². The lowest BCUT2D eigenvalue weighted by atomic mass is 10.0. The summed E-state index contributed by atoms with van der Waals surface area (Å²) >= 11 is 0. The largest absolute Gasteiger partial charge is 0.493 e. The molecule has 0 bridgehead atoms. The van der Waals surface area contributed by atoms with Gasteiger partial charge in [0.25, 0.3) is 5.91 Å². The number of aryl methyl sites for hydroxylation is 2. The van der Waals surface area contributed by atoms with E-state index in [0.717, 1.165) is 11.1 Å². The molecule has 1 aliphatic heterocycles. The van der Waals surface area contributed by atoms with Crippen LogP contribution in [0.15, 0.2) is 60.8 Å². The minimum atomic E-state index is -0.988. The minimum absolute atomic E-state index is 0.0309. The third-order valence-corrected chi connectivity index (χ3v) is 7.07. The first-order valence-electron chi connectivity index (χ1n) is 14.4. The fourth-order valence-corrected chi connectivity index (χ4v) is 4.72. The Morgan fingerprint density at radius 1 is 0.955 bits per heavy atom. The van der Waals surface area contributed by atoms with Gasteiger partial charge in [0.2, 0.25) is 6.79 Å². The average Bonchev–Trinajstić information content (AvgIpc) is 3.04. The fourth-order valence-electron chi connectivity index (χ4n) is 4.72. The van der Waals surface area contributed by atoms with Crippen LogP contribution in [0.3, 0.4) is 0 Å². The van der Waals surface area contributed by atoms with Crippen LogP contribution in [-0.4, -0.2) is 61.1 Å². The van der Waals surface area contributed by atoms with Crippen molar-refractivity contribution in [1.82, 2.24) is 10.3 Å². The van der Waals surface area contributed by atoms with Gasteiger partial charge in [-0.1, -0.05) is 35.4 Å². The van der Waals surface area contributed by atoms with Crippen LogP contribution in [0.2, 0.25) is 0 Å². The van der Waals surface area contributed by atoms with Crippen molar-refractivity contribution >= 4 is 17.8 Å². The predicted octanol–water partition coefficient (Wildman–Crippen LogP) is 4.72. The van der Waals surface area contributed by atoms with E-state index < -0.39 is 49.0 Å². The Kier molecular flexibility index (Phi) is 11.0. The van der Waals surface area contributed by atoms with E-state index in [1.807, 2.05) is 62.4 Å². The number of nitrogens with zero attached hydrogens (tertiary/aromatic N) is 1. The van der Waals surface area contributed by atoms with E-state index in [9.17, 15) is 14.4 Å². The molecule has 0 aliphatic carbocycles. The molecule has 0 radical (unpaired) electrons. The van der Waals surface area contributed by atoms with E-state index in [1.54, 1.807) is 6.92 Å². The van der Waals surface area contributed by atoms with E-state index in [4.69, 9.17) is 28.4 Å². The molecule has 1 aliphatic rings. The summed E-state index contributed by atoms with van der Waals surface area (Å²) in [6, 6.07) is 15.8. The van der Waals surface area contributed by atoms with E-state index >= 15 is 0 Å². The molecule has 1 saturated heterocycles. The quantitative estimate of drug-likeness (QED) is 0.256. The van der Waals surface area contributed by atoms with Crippen LogP contribution in [0, 0.1) is 13.8 Å². The number of carbonyl (C=O) groups is 3. The number of esters is 2. The normalized spacial score (nSPS) is 20.2. The molecule has 1 fully saturated rings. The number of aromatic nitrogens is 1. The molecule has 0 spiro atoms. The number of nitrogens with one attached hydrogen (secondary N) is 1. The molecule has 1 N–H and O–H groups in total. The zero-order chi connectivity index (χ0) is 31.6. The Hall–Kier alpha value is -4.80. The minimum Gasteiger partial charge on any atom is -0.493 e. The number of ether oxygens (including phenoxy) is 6. The summed E-state index contributed by atoms with van der Waals surface area (Å²) < 4.78 is 34.3. The summed E-state index contributed by atoms with van der Waals surface area (Å²) in [4.78, 5) is 42.2. The Morgan fingerprint density at radius 3 is 2.20 bits per heavy atom. The smallest absolute Gasteiger partial charge is 0.329 e. The van der Waals surface area contributed by atoms with Gasteiger partial charge < -0.3 is 33.7 Å². The first-order chi connectivity index (χ1) is 21.1. The van der Waals surface area contributed by atoms with E-state index in [2.05, 4.69) is 10.3 Å². The lowest BCUT2D eigenvalue weighted by Crippen LogP contribution is -2.47. The van der Waals surface area contributed by atoms with Crippen molar-refractivity contribution in [3.8, 4) is 23.0 Å². The van der Waals surface area contributed by atoms with Crippen molar-refractivity contribution in [2.24, 2.45) is 0 Å². The predicted molar refractivity (Wildman–Crippen MR) is 160 cm³/mol. The first-order valence-corrected chi connectivity index (χ1v) is 14.4. The highest BCUT2D eigenvalue weighted by Gasteiger charge is 2.37. The molecule has 0 unspecified atom stereocenters. The zero-order valence-electron chi connectivity index (χ0n) is 25.5. The second-order valence-electron chi connectivity index (χ2n) is 10.6. The van der Waals surface area contributed by atoms with Gasteiger partial charge >= 0.3 is 11.9 Å². The summed E-state index contributed by atoms with van der Waals surface area (Å²) in [5.41, 5.74) is 2.05. The third-order valence-electron chi connectivity index (χ3n) is 7.07. The Labute approximate surface area is 256 Å². The van der Waals surface area contributed by atoms with Crippen LogP contribution >= 0.6 is 0 Å². The molecular formula is C33H38N2O9. The highest BCUT2D eigenvalue weighted by Crippen LogP contribution is 2.30. The highest BCUT2D eigenvalue weighted by atomic mass is 16.7. The average molecular weight is 607 g/mol.